The summed E-state index contributed by atoms with van der Waals surface area (Å²) in [6.07, 6.45) is 8.12. The number of nitrogens with zero attached hydrogens (tertiary/aromatic N) is 2. The van der Waals surface area contributed by atoms with Crippen LogP contribution < -0.4 is 10.1 Å². The molecule has 30 heavy (non-hydrogen) atoms. The van der Waals surface area contributed by atoms with Gasteiger partial charge in [-0.05, 0) is 75.4 Å². The van der Waals surface area contributed by atoms with Crippen LogP contribution in [-0.4, -0.2) is 58.8 Å². The third-order valence-corrected chi connectivity index (χ3v) is 7.06. The van der Waals surface area contributed by atoms with Crippen molar-refractivity contribution in [2.24, 2.45) is 0 Å². The van der Waals surface area contributed by atoms with Crippen molar-refractivity contribution in [3.8, 4) is 5.75 Å². The van der Waals surface area contributed by atoms with E-state index in [-0.39, 0.29) is 30.2 Å². The fourth-order valence-electron chi connectivity index (χ4n) is 5.50. The Morgan fingerprint density at radius 3 is 2.57 bits per heavy atom. The highest BCUT2D eigenvalue weighted by Crippen LogP contribution is 2.33. The summed E-state index contributed by atoms with van der Waals surface area (Å²) >= 11 is 0. The van der Waals surface area contributed by atoms with E-state index >= 15 is 0 Å². The first-order valence-corrected chi connectivity index (χ1v) is 11.3. The quantitative estimate of drug-likeness (QED) is 0.769. The Morgan fingerprint density at radius 2 is 1.77 bits per heavy atom. The van der Waals surface area contributed by atoms with Crippen molar-refractivity contribution in [2.75, 3.05) is 13.1 Å². The molecule has 1 aromatic rings. The average Bonchev–Trinajstić information content (AvgIpc) is 3.37. The molecule has 3 amide bonds. The molecule has 1 aromatic carbocycles. The summed E-state index contributed by atoms with van der Waals surface area (Å²) in [6, 6.07) is 5.59. The van der Waals surface area contributed by atoms with E-state index in [9.17, 15) is 14.4 Å². The van der Waals surface area contributed by atoms with Crippen molar-refractivity contribution < 1.29 is 19.1 Å². The van der Waals surface area contributed by atoms with Gasteiger partial charge in [-0.2, -0.15) is 0 Å². The van der Waals surface area contributed by atoms with Gasteiger partial charge in [0.2, 0.25) is 11.8 Å². The lowest BCUT2D eigenvalue weighted by atomic mass is 9.91. The van der Waals surface area contributed by atoms with Crippen LogP contribution in [0.4, 0.5) is 0 Å². The van der Waals surface area contributed by atoms with E-state index < -0.39 is 6.04 Å². The summed E-state index contributed by atoms with van der Waals surface area (Å²) in [6.45, 7) is 2.73. The molecule has 1 N–H and O–H groups in total. The maximum atomic E-state index is 12.9. The van der Waals surface area contributed by atoms with E-state index in [4.69, 9.17) is 4.74 Å². The van der Waals surface area contributed by atoms with E-state index in [0.717, 1.165) is 17.7 Å². The van der Waals surface area contributed by atoms with Crippen LogP contribution in [-0.2, 0) is 16.1 Å². The van der Waals surface area contributed by atoms with Crippen molar-refractivity contribution in [2.45, 2.75) is 76.1 Å². The van der Waals surface area contributed by atoms with Gasteiger partial charge in [-0.3, -0.25) is 24.6 Å². The number of carbonyl (C=O) groups excluding carboxylic acids is 3. The van der Waals surface area contributed by atoms with Gasteiger partial charge in [0.25, 0.3) is 5.91 Å². The standard InChI is InChI=1S/C23H29N3O4/c27-21-10-9-19(22(28)24-21)26-14-15-13-16(7-8-17(15)23(26)29)30-20-6-2-1-5-18(20)25-11-3-4-12-25/h7-8,13,18-20H,1-6,9-12,14H2,(H,24,27,28). The van der Waals surface area contributed by atoms with Gasteiger partial charge in [-0.15, -0.1) is 0 Å². The number of nitrogens with one attached hydrogen (secondary N) is 1. The molecule has 7 heteroatoms. The Labute approximate surface area is 176 Å². The first kappa shape index (κ1) is 19.5. The number of likely N-dealkylation sites (tertiary alicyclic amines) is 1. The third-order valence-electron chi connectivity index (χ3n) is 7.06. The Balaban J connectivity index is 1.30. The number of rotatable bonds is 4. The van der Waals surface area contributed by atoms with E-state index in [1.807, 2.05) is 18.2 Å². The number of hydrogen-bond donors (Lipinski definition) is 1. The Hall–Kier alpha value is -2.41. The Kier molecular flexibility index (Phi) is 5.23. The van der Waals surface area contributed by atoms with E-state index in [1.54, 1.807) is 4.90 Å². The number of benzene rings is 1. The highest BCUT2D eigenvalue weighted by atomic mass is 16.5. The molecule has 3 heterocycles. The molecule has 3 fully saturated rings. The molecular weight excluding hydrogens is 382 g/mol. The maximum absolute atomic E-state index is 12.9. The second-order valence-corrected chi connectivity index (χ2v) is 8.97. The van der Waals surface area contributed by atoms with Crippen LogP contribution in [0.1, 0.15) is 67.3 Å². The number of imide groups is 1. The van der Waals surface area contributed by atoms with E-state index in [0.29, 0.717) is 24.6 Å². The largest absolute Gasteiger partial charge is 0.489 e. The molecule has 3 atom stereocenters. The lowest BCUT2D eigenvalue weighted by Crippen LogP contribution is -2.52. The van der Waals surface area contributed by atoms with Gasteiger partial charge in [0, 0.05) is 24.6 Å². The molecule has 160 valence electrons. The fraction of sp³-hybridized carbons (Fsp3) is 0.609. The Bertz CT molecular complexity index is 864. The molecule has 0 bridgehead atoms. The molecule has 3 aliphatic heterocycles. The number of ether oxygens (including phenoxy) is 1. The normalized spacial score (nSPS) is 29.8. The van der Waals surface area contributed by atoms with E-state index in [1.165, 1.54) is 45.2 Å². The number of carbonyl (C=O) groups is 3. The van der Waals surface area contributed by atoms with Crippen molar-refractivity contribution in [3.05, 3.63) is 29.3 Å². The fourth-order valence-corrected chi connectivity index (χ4v) is 5.50. The van der Waals surface area contributed by atoms with Crippen molar-refractivity contribution >= 4 is 17.7 Å². The first-order valence-electron chi connectivity index (χ1n) is 11.3. The zero-order chi connectivity index (χ0) is 20.7. The van der Waals surface area contributed by atoms with Crippen LogP contribution in [0.2, 0.25) is 0 Å². The third kappa shape index (κ3) is 3.60. The molecular formula is C23H29N3O4. The summed E-state index contributed by atoms with van der Waals surface area (Å²) in [5.41, 5.74) is 1.53. The predicted octanol–water partition coefficient (Wildman–Crippen LogP) is 2.23. The SMILES string of the molecule is O=C1CCC(N2Cc3cc(OC4CCCCC4N4CCCC4)ccc3C2=O)C(=O)N1. The molecule has 1 aliphatic carbocycles. The molecule has 0 aromatic heterocycles. The first-order chi connectivity index (χ1) is 14.6. The summed E-state index contributed by atoms with van der Waals surface area (Å²) < 4.78 is 6.46. The average molecular weight is 412 g/mol. The summed E-state index contributed by atoms with van der Waals surface area (Å²) in [5.74, 6) is 0.0251. The van der Waals surface area contributed by atoms with Crippen LogP contribution in [0.5, 0.6) is 5.75 Å². The van der Waals surface area contributed by atoms with Crippen LogP contribution in [0.25, 0.3) is 0 Å². The zero-order valence-electron chi connectivity index (χ0n) is 17.3. The highest BCUT2D eigenvalue weighted by molar-refractivity contribution is 6.05. The van der Waals surface area contributed by atoms with Crippen LogP contribution >= 0.6 is 0 Å². The lowest BCUT2D eigenvalue weighted by Gasteiger charge is -2.37. The van der Waals surface area contributed by atoms with Gasteiger partial charge in [0.1, 0.15) is 17.9 Å². The molecule has 4 aliphatic rings. The van der Waals surface area contributed by atoms with Crippen molar-refractivity contribution in [1.82, 2.24) is 15.1 Å². The number of fused-ring (bicyclic) bond motifs is 1. The Morgan fingerprint density at radius 1 is 0.967 bits per heavy atom. The molecule has 7 nitrogen and oxygen atoms in total. The second-order valence-electron chi connectivity index (χ2n) is 8.97. The van der Waals surface area contributed by atoms with Crippen LogP contribution in [0.15, 0.2) is 18.2 Å². The minimum absolute atomic E-state index is 0.140. The summed E-state index contributed by atoms with van der Waals surface area (Å²) in [7, 11) is 0. The summed E-state index contributed by atoms with van der Waals surface area (Å²) in [5, 5.41) is 2.35. The van der Waals surface area contributed by atoms with Gasteiger partial charge < -0.3 is 9.64 Å². The van der Waals surface area contributed by atoms with E-state index in [2.05, 4.69) is 10.2 Å². The maximum Gasteiger partial charge on any atom is 0.255 e. The molecule has 3 unspecified atom stereocenters. The molecule has 5 rings (SSSR count). The zero-order valence-corrected chi connectivity index (χ0v) is 17.3. The predicted molar refractivity (Wildman–Crippen MR) is 110 cm³/mol. The van der Waals surface area contributed by atoms with Gasteiger partial charge in [-0.1, -0.05) is 6.42 Å². The number of hydrogen-bond acceptors (Lipinski definition) is 5. The van der Waals surface area contributed by atoms with Crippen LogP contribution in [0.3, 0.4) is 0 Å². The topological polar surface area (TPSA) is 79.0 Å². The van der Waals surface area contributed by atoms with Gasteiger partial charge in [0.05, 0.1) is 0 Å². The smallest absolute Gasteiger partial charge is 0.255 e. The van der Waals surface area contributed by atoms with Gasteiger partial charge in [-0.25, -0.2) is 0 Å². The molecule has 1 saturated carbocycles. The molecule has 2 saturated heterocycles. The lowest BCUT2D eigenvalue weighted by molar-refractivity contribution is -0.136. The summed E-state index contributed by atoms with van der Waals surface area (Å²) in [4.78, 5) is 40.7. The highest BCUT2D eigenvalue weighted by Gasteiger charge is 2.39. The van der Waals surface area contributed by atoms with Crippen LogP contribution in [0, 0.1) is 0 Å². The van der Waals surface area contributed by atoms with Crippen molar-refractivity contribution in [1.29, 1.82) is 0 Å². The number of piperidine rings is 1. The minimum Gasteiger partial charge on any atom is -0.489 e. The minimum atomic E-state index is -0.579. The van der Waals surface area contributed by atoms with Gasteiger partial charge in [0.15, 0.2) is 0 Å². The molecule has 0 spiro atoms. The van der Waals surface area contributed by atoms with Gasteiger partial charge >= 0.3 is 0 Å². The number of amides is 3. The monoisotopic (exact) mass is 411 g/mol. The molecule has 0 radical (unpaired) electrons. The van der Waals surface area contributed by atoms with Crippen molar-refractivity contribution in [3.63, 3.8) is 0 Å². The second kappa shape index (κ2) is 8.02.